The lowest BCUT2D eigenvalue weighted by Crippen LogP contribution is -2.24. The van der Waals surface area contributed by atoms with Crippen molar-refractivity contribution in [3.63, 3.8) is 0 Å². The molecule has 1 aromatic rings. The molecule has 12 nitrogen and oxygen atoms in total. The number of hydrogen-bond acceptors (Lipinski definition) is 9. The highest BCUT2D eigenvalue weighted by molar-refractivity contribution is 5.85. The topological polar surface area (TPSA) is 175 Å². The lowest BCUT2D eigenvalue weighted by Gasteiger charge is -2.32. The van der Waals surface area contributed by atoms with Crippen molar-refractivity contribution in [2.45, 2.75) is 255 Å². The number of carbonyl (C=O) groups is 6. The van der Waals surface area contributed by atoms with Gasteiger partial charge in [-0.05, 0) is 94.8 Å². The molecular formula is C60H108N6O6. The Bertz CT molecular complexity index is 1500. The Morgan fingerprint density at radius 2 is 0.486 bits per heavy atom. The number of benzene rings is 1. The second kappa shape index (κ2) is 39.5. The van der Waals surface area contributed by atoms with E-state index in [4.69, 9.17) is 0 Å². The predicted molar refractivity (Wildman–Crippen MR) is 304 cm³/mol. The molecule has 0 aliphatic rings. The van der Waals surface area contributed by atoms with E-state index in [1.165, 1.54) is 33.8 Å². The average molecular weight is 1010 g/mol. The maximum Gasteiger partial charge on any atom is 0.219 e. The first-order valence-corrected chi connectivity index (χ1v) is 29.1. The maximum atomic E-state index is 12.4. The molecule has 3 amide bonds. The quantitative estimate of drug-likeness (QED) is 0.0348. The molecule has 0 spiro atoms. The minimum atomic E-state index is 0.0587. The van der Waals surface area contributed by atoms with E-state index in [2.05, 4.69) is 73.4 Å². The van der Waals surface area contributed by atoms with Gasteiger partial charge in [-0.2, -0.15) is 0 Å². The van der Waals surface area contributed by atoms with Gasteiger partial charge in [0.05, 0.1) is 0 Å². The van der Waals surface area contributed by atoms with Crippen molar-refractivity contribution >= 4 is 52.1 Å². The average Bonchev–Trinajstić information content (AvgIpc) is 3.31. The molecular weight excluding hydrogens is 901 g/mol. The molecule has 1 aromatic carbocycles. The highest BCUT2D eigenvalue weighted by Crippen LogP contribution is 2.48. The zero-order chi connectivity index (χ0) is 53.8. The third kappa shape index (κ3) is 29.1. The Kier molecular flexibility index (Phi) is 36.2. The molecule has 0 saturated heterocycles. The summed E-state index contributed by atoms with van der Waals surface area (Å²) in [7, 11) is 0. The number of nitrogens with one attached hydrogen (secondary N) is 6. The summed E-state index contributed by atoms with van der Waals surface area (Å²) in [6.45, 7) is 30.1. The molecule has 0 aliphatic heterocycles. The van der Waals surface area contributed by atoms with Crippen molar-refractivity contribution in [3.8, 4) is 0 Å². The van der Waals surface area contributed by atoms with Crippen molar-refractivity contribution in [1.82, 2.24) is 16.0 Å². The van der Waals surface area contributed by atoms with Gasteiger partial charge in [0.2, 0.25) is 17.7 Å². The van der Waals surface area contributed by atoms with Crippen LogP contribution in [0.15, 0.2) is 0 Å². The van der Waals surface area contributed by atoms with Gasteiger partial charge in [0.25, 0.3) is 0 Å². The fourth-order valence-electron chi connectivity index (χ4n) is 9.13. The summed E-state index contributed by atoms with van der Waals surface area (Å²) in [5, 5.41) is 21.2. The zero-order valence-electron chi connectivity index (χ0n) is 48.1. The molecule has 0 radical (unpaired) electrons. The molecule has 0 aromatic heterocycles. The van der Waals surface area contributed by atoms with Crippen molar-refractivity contribution in [2.24, 2.45) is 17.8 Å². The summed E-state index contributed by atoms with van der Waals surface area (Å²) in [5.41, 5.74) is 7.81. The van der Waals surface area contributed by atoms with E-state index in [0.717, 1.165) is 135 Å². The molecule has 0 unspecified atom stereocenters. The molecule has 0 aliphatic carbocycles. The van der Waals surface area contributed by atoms with Crippen LogP contribution in [0.5, 0.6) is 0 Å². The van der Waals surface area contributed by atoms with E-state index in [0.29, 0.717) is 58.2 Å². The summed E-state index contributed by atoms with van der Waals surface area (Å²) >= 11 is 0. The minimum Gasteiger partial charge on any atom is -0.384 e. The minimum absolute atomic E-state index is 0.0587. The zero-order valence-corrected chi connectivity index (χ0v) is 48.1. The van der Waals surface area contributed by atoms with E-state index < -0.39 is 0 Å². The van der Waals surface area contributed by atoms with Crippen LogP contribution in [0, 0.1) is 17.8 Å². The standard InChI is InChI=1S/C60H108N6O6/c1-43(2)49(67)31-19-22-34-52(70)61-37-25-13-16-28-40-64-58-55(46(7)8)59(65-41-29-17-14-26-38-62-53(71)35-23-20-32-50(68)44(3)4)57(48(11)12)60(56(58)47(9)10)66-42-30-18-15-27-39-63-54(72)36-24-21-33-51(69)45(5)6/h43-48,64-66H,13-42H2,1-12H3,(H,61,70)(H,62,71)(H,63,72). The highest BCUT2D eigenvalue weighted by Gasteiger charge is 2.28. The number of ketones is 3. The monoisotopic (exact) mass is 1010 g/mol. The van der Waals surface area contributed by atoms with Crippen molar-refractivity contribution in [3.05, 3.63) is 16.7 Å². The molecule has 0 bridgehead atoms. The van der Waals surface area contributed by atoms with Gasteiger partial charge in [-0.1, -0.05) is 122 Å². The van der Waals surface area contributed by atoms with E-state index >= 15 is 0 Å². The summed E-state index contributed by atoms with van der Waals surface area (Å²) in [4.78, 5) is 72.8. The number of rotatable bonds is 45. The van der Waals surface area contributed by atoms with Crippen LogP contribution < -0.4 is 31.9 Å². The molecule has 72 heavy (non-hydrogen) atoms. The fraction of sp³-hybridized carbons (Fsp3) is 0.800. The third-order valence-electron chi connectivity index (χ3n) is 13.7. The largest absolute Gasteiger partial charge is 0.384 e. The van der Waals surface area contributed by atoms with Gasteiger partial charge >= 0.3 is 0 Å². The fourth-order valence-corrected chi connectivity index (χ4v) is 9.13. The van der Waals surface area contributed by atoms with E-state index in [1.807, 2.05) is 41.5 Å². The van der Waals surface area contributed by atoms with Gasteiger partial charge in [0.15, 0.2) is 0 Å². The Hall–Kier alpha value is -3.96. The second-order valence-corrected chi connectivity index (χ2v) is 22.4. The van der Waals surface area contributed by atoms with Crippen LogP contribution in [-0.2, 0) is 28.8 Å². The summed E-state index contributed by atoms with van der Waals surface area (Å²) in [5.74, 6) is 2.08. The van der Waals surface area contributed by atoms with Gasteiger partial charge in [-0.25, -0.2) is 0 Å². The molecule has 0 atom stereocenters. The summed E-state index contributed by atoms with van der Waals surface area (Å²) < 4.78 is 0. The smallest absolute Gasteiger partial charge is 0.219 e. The molecule has 0 heterocycles. The second-order valence-electron chi connectivity index (χ2n) is 22.4. The van der Waals surface area contributed by atoms with Gasteiger partial charge in [-0.3, -0.25) is 28.8 Å². The van der Waals surface area contributed by atoms with Gasteiger partial charge in [-0.15, -0.1) is 0 Å². The first-order chi connectivity index (χ1) is 34.3. The third-order valence-corrected chi connectivity index (χ3v) is 13.7. The molecule has 0 saturated carbocycles. The van der Waals surface area contributed by atoms with Crippen LogP contribution in [-0.4, -0.2) is 74.3 Å². The van der Waals surface area contributed by atoms with Crippen LogP contribution in [0.2, 0.25) is 0 Å². The normalized spacial score (nSPS) is 11.6. The number of hydrogen-bond donors (Lipinski definition) is 6. The van der Waals surface area contributed by atoms with Crippen LogP contribution in [0.3, 0.4) is 0 Å². The predicted octanol–water partition coefficient (Wildman–Crippen LogP) is 13.7. The maximum absolute atomic E-state index is 12.4. The number of Topliss-reactive ketones (excluding diaryl/α,β-unsaturated/α-hetero) is 3. The van der Waals surface area contributed by atoms with Crippen molar-refractivity contribution < 1.29 is 28.8 Å². The Labute approximate surface area is 439 Å². The number of amides is 3. The molecule has 1 rings (SSSR count). The Morgan fingerprint density at radius 3 is 0.694 bits per heavy atom. The summed E-state index contributed by atoms with van der Waals surface area (Å²) in [6, 6.07) is 0. The first-order valence-electron chi connectivity index (χ1n) is 29.1. The number of carbonyl (C=O) groups excluding carboxylic acids is 6. The summed E-state index contributed by atoms with van der Waals surface area (Å²) in [6.07, 6.45) is 20.0. The van der Waals surface area contributed by atoms with Crippen LogP contribution in [0.4, 0.5) is 17.1 Å². The van der Waals surface area contributed by atoms with E-state index in [-0.39, 0.29) is 70.6 Å². The van der Waals surface area contributed by atoms with Crippen molar-refractivity contribution in [2.75, 3.05) is 55.2 Å². The van der Waals surface area contributed by atoms with E-state index in [9.17, 15) is 28.8 Å². The lowest BCUT2D eigenvalue weighted by atomic mass is 9.83. The molecule has 0 fully saturated rings. The van der Waals surface area contributed by atoms with Crippen LogP contribution >= 0.6 is 0 Å². The number of anilines is 3. The SMILES string of the molecule is CC(C)C(=O)CCCCC(=O)NCCCCCCNc1c(C(C)C)c(NCCCCCCNC(=O)CCCCC(=O)C(C)C)c(C(C)C)c(NCCCCCCNC(=O)CCCCC(=O)C(C)C)c1C(C)C. The Balaban J connectivity index is 2.99. The molecule has 414 valence electrons. The molecule has 12 heteroatoms. The van der Waals surface area contributed by atoms with Crippen molar-refractivity contribution in [1.29, 1.82) is 0 Å². The van der Waals surface area contributed by atoms with E-state index in [1.54, 1.807) is 0 Å². The highest BCUT2D eigenvalue weighted by atomic mass is 16.2. The van der Waals surface area contributed by atoms with Crippen LogP contribution in [0.25, 0.3) is 0 Å². The number of unbranched alkanes of at least 4 members (excludes halogenated alkanes) is 12. The lowest BCUT2D eigenvalue weighted by molar-refractivity contribution is -0.123. The van der Waals surface area contributed by atoms with Gasteiger partial charge in [0.1, 0.15) is 17.3 Å². The van der Waals surface area contributed by atoms with Crippen LogP contribution in [0.1, 0.15) is 272 Å². The molecule has 6 N–H and O–H groups in total. The Morgan fingerprint density at radius 1 is 0.278 bits per heavy atom. The van der Waals surface area contributed by atoms with Gasteiger partial charge < -0.3 is 31.9 Å². The van der Waals surface area contributed by atoms with Gasteiger partial charge in [0, 0.05) is 129 Å². The first kappa shape index (κ1) is 66.1.